The first kappa shape index (κ1) is 24.4. The van der Waals surface area contributed by atoms with Crippen LogP contribution in [0, 0.1) is 0 Å². The summed E-state index contributed by atoms with van der Waals surface area (Å²) in [4.78, 5) is 32.3. The zero-order chi connectivity index (χ0) is 22.6. The third-order valence-electron chi connectivity index (χ3n) is 4.47. The van der Waals surface area contributed by atoms with Crippen molar-refractivity contribution in [3.05, 3.63) is 47.2 Å². The van der Waals surface area contributed by atoms with Gasteiger partial charge in [0.05, 0.1) is 0 Å². The van der Waals surface area contributed by atoms with Crippen LogP contribution in [0.5, 0.6) is 0 Å². The number of hydrogen-bond donors (Lipinski definition) is 2. The molecule has 0 aliphatic carbocycles. The van der Waals surface area contributed by atoms with Crippen molar-refractivity contribution in [1.82, 2.24) is 9.97 Å². The summed E-state index contributed by atoms with van der Waals surface area (Å²) < 4.78 is 11.5. The van der Waals surface area contributed by atoms with Crippen LogP contribution in [0.4, 0.5) is 11.8 Å². The number of aryl methyl sites for hydroxylation is 1. The van der Waals surface area contributed by atoms with Crippen LogP contribution in [0.2, 0.25) is 0 Å². The lowest BCUT2D eigenvalue weighted by molar-refractivity contribution is -0.143. The molecular formula is C23H32N4O4. The molecule has 2 aromatic rings. The topological polar surface area (TPSA) is 102 Å². The minimum absolute atomic E-state index is 0.101. The van der Waals surface area contributed by atoms with E-state index in [0.29, 0.717) is 31.1 Å². The van der Waals surface area contributed by atoms with Gasteiger partial charge in [-0.1, -0.05) is 30.3 Å². The van der Waals surface area contributed by atoms with Gasteiger partial charge in [-0.2, -0.15) is 4.98 Å². The van der Waals surface area contributed by atoms with E-state index in [0.717, 1.165) is 24.8 Å². The monoisotopic (exact) mass is 428 g/mol. The average Bonchev–Trinajstić information content (AvgIpc) is 2.72. The minimum atomic E-state index is -0.720. The molecule has 0 radical (unpaired) electrons. The Morgan fingerprint density at radius 3 is 2.10 bits per heavy atom. The van der Waals surface area contributed by atoms with E-state index in [4.69, 9.17) is 9.47 Å². The summed E-state index contributed by atoms with van der Waals surface area (Å²) in [7, 11) is 0. The first-order valence-corrected chi connectivity index (χ1v) is 10.7. The van der Waals surface area contributed by atoms with E-state index in [1.165, 1.54) is 19.4 Å². The Hall–Kier alpha value is -2.84. The highest BCUT2D eigenvalue weighted by Crippen LogP contribution is 2.29. The molecule has 1 aromatic carbocycles. The summed E-state index contributed by atoms with van der Waals surface area (Å²) in [6.07, 6.45) is 2.69. The number of carbonyl (C=O) groups excluding carboxylic acids is 2. The summed E-state index contributed by atoms with van der Waals surface area (Å²) in [5.41, 5.74) is 2.55. The highest BCUT2D eigenvalue weighted by atomic mass is 16.7. The molecule has 0 saturated carbocycles. The maximum Gasteiger partial charge on any atom is 0.231 e. The van der Waals surface area contributed by atoms with Gasteiger partial charge in [-0.3, -0.25) is 14.9 Å². The van der Waals surface area contributed by atoms with Crippen molar-refractivity contribution >= 4 is 23.6 Å². The van der Waals surface area contributed by atoms with Gasteiger partial charge in [0, 0.05) is 32.6 Å². The van der Waals surface area contributed by atoms with Crippen molar-refractivity contribution in [2.45, 2.75) is 59.7 Å². The molecule has 168 valence electrons. The van der Waals surface area contributed by atoms with E-state index in [9.17, 15) is 9.59 Å². The molecule has 1 heterocycles. The maximum absolute atomic E-state index is 11.8. The Kier molecular flexibility index (Phi) is 10.1. The van der Waals surface area contributed by atoms with Crippen LogP contribution in [0.1, 0.15) is 63.6 Å². The van der Waals surface area contributed by atoms with E-state index in [1.54, 1.807) is 0 Å². The van der Waals surface area contributed by atoms with Crippen molar-refractivity contribution < 1.29 is 19.1 Å². The molecule has 1 aromatic heterocycles. The first-order chi connectivity index (χ1) is 14.9. The van der Waals surface area contributed by atoms with Gasteiger partial charge in [0.15, 0.2) is 0 Å². The van der Waals surface area contributed by atoms with Gasteiger partial charge < -0.3 is 14.8 Å². The van der Waals surface area contributed by atoms with Gasteiger partial charge in [-0.05, 0) is 45.1 Å². The third-order valence-corrected chi connectivity index (χ3v) is 4.47. The molecule has 2 N–H and O–H groups in total. The maximum atomic E-state index is 11.8. The normalized spacial score (nSPS) is 10.9. The fraction of sp³-hybridized carbons (Fsp3) is 0.478. The smallest absolute Gasteiger partial charge is 0.231 e. The van der Waals surface area contributed by atoms with Crippen molar-refractivity contribution in [2.24, 2.45) is 0 Å². The molecule has 0 spiro atoms. The summed E-state index contributed by atoms with van der Waals surface area (Å²) in [6.45, 7) is 7.38. The van der Waals surface area contributed by atoms with Crippen LogP contribution in [0.15, 0.2) is 30.3 Å². The second-order valence-corrected chi connectivity index (χ2v) is 7.06. The molecule has 0 unspecified atom stereocenters. The Labute approximate surface area is 183 Å². The van der Waals surface area contributed by atoms with Crippen LogP contribution in [0.3, 0.4) is 0 Å². The van der Waals surface area contributed by atoms with Gasteiger partial charge in [0.2, 0.25) is 24.1 Å². The van der Waals surface area contributed by atoms with Gasteiger partial charge in [-0.25, -0.2) is 4.98 Å². The molecular weight excluding hydrogens is 396 g/mol. The number of anilines is 2. The van der Waals surface area contributed by atoms with Crippen LogP contribution in [-0.2, 0) is 31.9 Å². The minimum Gasteiger partial charge on any atom is -0.347 e. The van der Waals surface area contributed by atoms with E-state index in [1.807, 2.05) is 32.0 Å². The van der Waals surface area contributed by atoms with Gasteiger partial charge in [0.1, 0.15) is 11.5 Å². The van der Waals surface area contributed by atoms with Crippen molar-refractivity contribution in [3.63, 3.8) is 0 Å². The molecule has 31 heavy (non-hydrogen) atoms. The van der Waals surface area contributed by atoms with Gasteiger partial charge in [0.25, 0.3) is 0 Å². The number of carbonyl (C=O) groups is 2. The number of rotatable bonds is 12. The molecule has 8 nitrogen and oxygen atoms in total. The Bertz CT molecular complexity index is 852. The first-order valence-electron chi connectivity index (χ1n) is 10.7. The fourth-order valence-corrected chi connectivity index (χ4v) is 3.21. The number of nitrogens with zero attached hydrogens (tertiary/aromatic N) is 2. The zero-order valence-electron chi connectivity index (χ0n) is 18.7. The highest BCUT2D eigenvalue weighted by Gasteiger charge is 2.23. The molecule has 8 heteroatoms. The summed E-state index contributed by atoms with van der Waals surface area (Å²) in [6, 6.07) is 10.3. The number of unbranched alkanes of at least 4 members (excludes halogenated alkanes) is 1. The van der Waals surface area contributed by atoms with Crippen LogP contribution < -0.4 is 10.6 Å². The predicted octanol–water partition coefficient (Wildman–Crippen LogP) is 4.03. The quantitative estimate of drug-likeness (QED) is 0.391. The summed E-state index contributed by atoms with van der Waals surface area (Å²) in [5.74, 6) is -0.0953. The SMILES string of the molecule is CCOC(OCC)c1nc(NC(C)=O)nc(NC(C)=O)c1CCCCc1ccccc1. The second-order valence-electron chi connectivity index (χ2n) is 7.06. The lowest BCUT2D eigenvalue weighted by Gasteiger charge is -2.22. The number of hydrogen-bond acceptors (Lipinski definition) is 6. The Morgan fingerprint density at radius 2 is 1.52 bits per heavy atom. The lowest BCUT2D eigenvalue weighted by Crippen LogP contribution is -2.20. The van der Waals surface area contributed by atoms with Crippen LogP contribution in [0.25, 0.3) is 0 Å². The molecule has 2 rings (SSSR count). The predicted molar refractivity (Wildman–Crippen MR) is 120 cm³/mol. The van der Waals surface area contributed by atoms with E-state index in [-0.39, 0.29) is 17.8 Å². The molecule has 0 fully saturated rings. The van der Waals surface area contributed by atoms with E-state index >= 15 is 0 Å². The molecule has 0 aliphatic heterocycles. The van der Waals surface area contributed by atoms with Crippen molar-refractivity contribution in [3.8, 4) is 0 Å². The molecule has 0 aliphatic rings. The van der Waals surface area contributed by atoms with Crippen molar-refractivity contribution in [1.29, 1.82) is 0 Å². The van der Waals surface area contributed by atoms with Crippen LogP contribution in [-0.4, -0.2) is 35.0 Å². The average molecular weight is 429 g/mol. The highest BCUT2D eigenvalue weighted by molar-refractivity contribution is 5.90. The summed E-state index contributed by atoms with van der Waals surface area (Å²) in [5, 5.41) is 5.36. The number of ether oxygens (including phenoxy) is 2. The largest absolute Gasteiger partial charge is 0.347 e. The third kappa shape index (κ3) is 8.07. The van der Waals surface area contributed by atoms with Gasteiger partial charge in [-0.15, -0.1) is 0 Å². The van der Waals surface area contributed by atoms with E-state index < -0.39 is 6.29 Å². The standard InChI is InChI=1S/C23H32N4O4/c1-5-30-22(31-6-2)20-19(15-11-10-14-18-12-8-7-9-13-18)21(24-16(3)28)27-23(26-20)25-17(4)29/h7-9,12-13,22H,5-6,10-11,14-15H2,1-4H3,(H2,24,25,26,27,28,29). The summed E-state index contributed by atoms with van der Waals surface area (Å²) >= 11 is 0. The number of nitrogens with one attached hydrogen (secondary N) is 2. The molecule has 0 atom stereocenters. The van der Waals surface area contributed by atoms with Gasteiger partial charge >= 0.3 is 0 Å². The zero-order valence-corrected chi connectivity index (χ0v) is 18.7. The molecule has 0 saturated heterocycles. The number of amides is 2. The fourth-order valence-electron chi connectivity index (χ4n) is 3.21. The lowest BCUT2D eigenvalue weighted by atomic mass is 10.0. The van der Waals surface area contributed by atoms with Crippen molar-refractivity contribution in [2.75, 3.05) is 23.8 Å². The number of aromatic nitrogens is 2. The van der Waals surface area contributed by atoms with E-state index in [2.05, 4.69) is 32.7 Å². The molecule has 0 bridgehead atoms. The Morgan fingerprint density at radius 1 is 0.903 bits per heavy atom. The Balaban J connectivity index is 2.34. The molecule has 2 amide bonds. The second kappa shape index (κ2) is 12.8. The van der Waals surface area contributed by atoms with Crippen LogP contribution >= 0.6 is 0 Å². The number of benzene rings is 1.